The van der Waals surface area contributed by atoms with Gasteiger partial charge in [0, 0.05) is 12.5 Å². The molecule has 17 heavy (non-hydrogen) atoms. The highest BCUT2D eigenvalue weighted by Crippen LogP contribution is 2.22. The molecule has 0 saturated carbocycles. The molecule has 1 fully saturated rings. The summed E-state index contributed by atoms with van der Waals surface area (Å²) in [6.45, 7) is 0.640. The molecule has 1 unspecified atom stereocenters. The second-order valence-electron chi connectivity index (χ2n) is 4.02. The molecule has 1 aliphatic rings. The van der Waals surface area contributed by atoms with Crippen LogP contribution in [0.3, 0.4) is 0 Å². The Bertz CT molecular complexity index is 504. The molecule has 2 aromatic rings. The Morgan fingerprint density at radius 3 is 3.00 bits per heavy atom. The van der Waals surface area contributed by atoms with Crippen LogP contribution in [0.5, 0.6) is 5.75 Å². The summed E-state index contributed by atoms with van der Waals surface area (Å²) in [5.74, 6) is 0.694. The molecule has 1 heterocycles. The Kier molecular flexibility index (Phi) is 2.94. The second-order valence-corrected chi connectivity index (χ2v) is 4.02. The molecule has 0 amide bonds. The number of hydrogen-bond acceptors (Lipinski definition) is 3. The lowest BCUT2D eigenvalue weighted by Crippen LogP contribution is -2.25. The quantitative estimate of drug-likeness (QED) is 0.741. The van der Waals surface area contributed by atoms with Crippen LogP contribution in [0.25, 0.3) is 10.8 Å². The van der Waals surface area contributed by atoms with Gasteiger partial charge in [-0.3, -0.25) is 0 Å². The lowest BCUT2D eigenvalue weighted by molar-refractivity contribution is -0.382. The van der Waals surface area contributed by atoms with Gasteiger partial charge in [0.2, 0.25) is 6.29 Å². The third-order valence-electron chi connectivity index (χ3n) is 2.73. The minimum Gasteiger partial charge on any atom is -0.461 e. The average Bonchev–Trinajstić information content (AvgIpc) is 2.40. The molecule has 0 N–H and O–H groups in total. The molecule has 0 aromatic heterocycles. The van der Waals surface area contributed by atoms with Crippen LogP contribution in [0.15, 0.2) is 36.4 Å². The molecule has 1 radical (unpaired) electrons. The largest absolute Gasteiger partial charge is 0.461 e. The highest BCUT2D eigenvalue weighted by atomic mass is 17.2. The first-order valence-corrected chi connectivity index (χ1v) is 5.78. The molecule has 1 atom stereocenters. The van der Waals surface area contributed by atoms with E-state index in [-0.39, 0.29) is 6.29 Å². The summed E-state index contributed by atoms with van der Waals surface area (Å²) in [5, 5.41) is 2.20. The van der Waals surface area contributed by atoms with Crippen LogP contribution in [-0.2, 0) is 9.78 Å². The Labute approximate surface area is 99.8 Å². The molecule has 3 nitrogen and oxygen atoms in total. The number of fused-ring (bicyclic) bond motifs is 1. The maximum absolute atomic E-state index is 5.66. The van der Waals surface area contributed by atoms with E-state index < -0.39 is 0 Å². The van der Waals surface area contributed by atoms with E-state index in [2.05, 4.69) is 12.1 Å². The summed E-state index contributed by atoms with van der Waals surface area (Å²) in [5.41, 5.74) is 0. The van der Waals surface area contributed by atoms with Crippen molar-refractivity contribution >= 4 is 10.8 Å². The van der Waals surface area contributed by atoms with Gasteiger partial charge in [0.15, 0.2) is 0 Å². The highest BCUT2D eigenvalue weighted by Gasteiger charge is 2.16. The molecule has 1 aliphatic heterocycles. The third-order valence-corrected chi connectivity index (χ3v) is 2.73. The van der Waals surface area contributed by atoms with Crippen molar-refractivity contribution in [3.8, 4) is 5.75 Å². The van der Waals surface area contributed by atoms with Gasteiger partial charge in [-0.1, -0.05) is 30.3 Å². The first kappa shape index (κ1) is 10.6. The Balaban J connectivity index is 1.80. The zero-order valence-corrected chi connectivity index (χ0v) is 9.39. The zero-order chi connectivity index (χ0) is 11.5. The van der Waals surface area contributed by atoms with E-state index in [9.17, 15) is 0 Å². The summed E-state index contributed by atoms with van der Waals surface area (Å²) in [6.07, 6.45) is 1.49. The predicted molar refractivity (Wildman–Crippen MR) is 63.5 cm³/mol. The molecule has 2 aromatic carbocycles. The van der Waals surface area contributed by atoms with Gasteiger partial charge in [-0.2, -0.15) is 4.89 Å². The lowest BCUT2D eigenvalue weighted by atomic mass is 10.1. The number of hydrogen-bond donors (Lipinski definition) is 0. The maximum atomic E-state index is 5.66. The van der Waals surface area contributed by atoms with Gasteiger partial charge in [-0.25, -0.2) is 4.89 Å². The van der Waals surface area contributed by atoms with Gasteiger partial charge in [0.1, 0.15) is 5.75 Å². The summed E-state index contributed by atoms with van der Waals surface area (Å²) in [6, 6.07) is 15.2. The van der Waals surface area contributed by atoms with E-state index in [1.165, 1.54) is 0 Å². The second kappa shape index (κ2) is 4.73. The van der Waals surface area contributed by atoms with Crippen molar-refractivity contribution in [1.29, 1.82) is 0 Å². The molecular formula is C14H13O3. The number of benzene rings is 2. The van der Waals surface area contributed by atoms with Crippen LogP contribution in [0.1, 0.15) is 12.8 Å². The van der Waals surface area contributed by atoms with Gasteiger partial charge in [0.05, 0.1) is 6.61 Å². The maximum Gasteiger partial charge on any atom is 0.231 e. The van der Waals surface area contributed by atoms with E-state index in [0.717, 1.165) is 23.6 Å². The fraction of sp³-hybridized carbons (Fsp3) is 0.286. The van der Waals surface area contributed by atoms with Gasteiger partial charge in [0.25, 0.3) is 0 Å². The molecule has 0 bridgehead atoms. The molecule has 0 spiro atoms. The average molecular weight is 229 g/mol. The van der Waals surface area contributed by atoms with Gasteiger partial charge < -0.3 is 4.74 Å². The van der Waals surface area contributed by atoms with Crippen LogP contribution >= 0.6 is 0 Å². The number of rotatable bonds is 2. The predicted octanol–water partition coefficient (Wildman–Crippen LogP) is 3.09. The van der Waals surface area contributed by atoms with Crippen molar-refractivity contribution in [3.05, 3.63) is 42.5 Å². The Morgan fingerprint density at radius 1 is 1.18 bits per heavy atom. The van der Waals surface area contributed by atoms with Gasteiger partial charge >= 0.3 is 0 Å². The lowest BCUT2D eigenvalue weighted by Gasteiger charge is -2.22. The molecule has 1 saturated heterocycles. The molecular weight excluding hydrogens is 216 g/mol. The monoisotopic (exact) mass is 229 g/mol. The topological polar surface area (TPSA) is 27.7 Å². The zero-order valence-electron chi connectivity index (χ0n) is 9.39. The molecule has 3 rings (SSSR count). The van der Waals surface area contributed by atoms with Crippen LogP contribution in [-0.4, -0.2) is 12.9 Å². The van der Waals surface area contributed by atoms with E-state index >= 15 is 0 Å². The van der Waals surface area contributed by atoms with Gasteiger partial charge in [-0.15, -0.1) is 0 Å². The fourth-order valence-corrected chi connectivity index (χ4v) is 1.87. The molecule has 3 heteroatoms. The van der Waals surface area contributed by atoms with Crippen molar-refractivity contribution in [2.24, 2.45) is 0 Å². The summed E-state index contributed by atoms with van der Waals surface area (Å²) < 4.78 is 5.66. The highest BCUT2D eigenvalue weighted by molar-refractivity contribution is 5.83. The van der Waals surface area contributed by atoms with E-state index in [1.807, 2.05) is 30.3 Å². The van der Waals surface area contributed by atoms with Crippen LogP contribution < -0.4 is 4.74 Å². The smallest absolute Gasteiger partial charge is 0.231 e. The SMILES string of the molecule is [c]1c(OC2CCCOO2)ccc2ccccc12. The van der Waals surface area contributed by atoms with Crippen molar-refractivity contribution in [3.63, 3.8) is 0 Å². The first-order valence-electron chi connectivity index (χ1n) is 5.78. The van der Waals surface area contributed by atoms with Crippen molar-refractivity contribution in [2.75, 3.05) is 6.61 Å². The van der Waals surface area contributed by atoms with Crippen LogP contribution in [0.4, 0.5) is 0 Å². The van der Waals surface area contributed by atoms with Crippen LogP contribution in [0.2, 0.25) is 0 Å². The molecule has 0 aliphatic carbocycles. The fourth-order valence-electron chi connectivity index (χ4n) is 1.87. The van der Waals surface area contributed by atoms with E-state index in [1.54, 1.807) is 0 Å². The van der Waals surface area contributed by atoms with E-state index in [4.69, 9.17) is 14.5 Å². The van der Waals surface area contributed by atoms with Crippen molar-refractivity contribution < 1.29 is 14.5 Å². The minimum absolute atomic E-state index is 0.318. The normalized spacial score (nSPS) is 20.4. The van der Waals surface area contributed by atoms with Crippen molar-refractivity contribution in [2.45, 2.75) is 19.1 Å². The van der Waals surface area contributed by atoms with Gasteiger partial charge in [-0.05, 0) is 23.3 Å². The summed E-state index contributed by atoms with van der Waals surface area (Å²) >= 11 is 0. The van der Waals surface area contributed by atoms with E-state index in [0.29, 0.717) is 12.4 Å². The van der Waals surface area contributed by atoms with Crippen LogP contribution in [0, 0.1) is 6.07 Å². The first-order chi connectivity index (χ1) is 8.42. The minimum atomic E-state index is -0.318. The summed E-state index contributed by atoms with van der Waals surface area (Å²) in [7, 11) is 0. The van der Waals surface area contributed by atoms with Crippen molar-refractivity contribution in [1.82, 2.24) is 0 Å². The number of ether oxygens (including phenoxy) is 1. The summed E-state index contributed by atoms with van der Waals surface area (Å²) in [4.78, 5) is 9.95. The third kappa shape index (κ3) is 2.40. The Hall–Kier alpha value is -1.58. The standard InChI is InChI=1S/C14H13O3/c1-2-5-12-10-13(8-7-11(12)4-1)16-14-6-3-9-15-17-14/h1-2,4-5,7-8,14H,3,6,9H2. The molecule has 87 valence electrons. The Morgan fingerprint density at radius 2 is 2.12 bits per heavy atom.